The van der Waals surface area contributed by atoms with Crippen molar-refractivity contribution in [2.75, 3.05) is 39.3 Å². The van der Waals surface area contributed by atoms with Crippen molar-refractivity contribution >= 4 is 11.7 Å². The van der Waals surface area contributed by atoms with E-state index in [4.69, 9.17) is 4.74 Å². The molecule has 0 bridgehead atoms. The van der Waals surface area contributed by atoms with Gasteiger partial charge in [0.25, 0.3) is 5.91 Å². The average Bonchev–Trinajstić information content (AvgIpc) is 2.83. The first-order valence-corrected chi connectivity index (χ1v) is 11.4. The quantitative estimate of drug-likeness (QED) is 0.403. The van der Waals surface area contributed by atoms with E-state index in [0.717, 1.165) is 69.7 Å². The van der Waals surface area contributed by atoms with Crippen LogP contribution in [-0.4, -0.2) is 65.8 Å². The number of amides is 1. The molecule has 2 heterocycles. The second-order valence-electron chi connectivity index (χ2n) is 7.96. The van der Waals surface area contributed by atoms with Gasteiger partial charge in [-0.15, -0.1) is 0 Å². The summed E-state index contributed by atoms with van der Waals surface area (Å²) < 4.78 is 5.84. The lowest BCUT2D eigenvalue weighted by molar-refractivity contribution is 0.0625. The van der Waals surface area contributed by atoms with E-state index >= 15 is 0 Å². The smallest absolute Gasteiger partial charge is 0.272 e. The minimum atomic E-state index is 0.0101. The SMILES string of the molecule is CCCCCC(=O)c1ccc(OCCCN2CCN(C(=O)c3ccccn3)CC2)cc1. The fourth-order valence-electron chi connectivity index (χ4n) is 3.72. The fourth-order valence-corrected chi connectivity index (χ4v) is 3.72. The first kappa shape index (κ1) is 22.9. The zero-order valence-electron chi connectivity index (χ0n) is 18.5. The average molecular weight is 424 g/mol. The lowest BCUT2D eigenvalue weighted by atomic mass is 10.0. The predicted octanol–water partition coefficient (Wildman–Crippen LogP) is 4.07. The molecule has 0 radical (unpaired) electrons. The molecule has 31 heavy (non-hydrogen) atoms. The number of pyridine rings is 1. The first-order valence-electron chi connectivity index (χ1n) is 11.4. The van der Waals surface area contributed by atoms with E-state index in [9.17, 15) is 9.59 Å². The topological polar surface area (TPSA) is 62.7 Å². The number of ketones is 1. The van der Waals surface area contributed by atoms with E-state index in [-0.39, 0.29) is 11.7 Å². The maximum Gasteiger partial charge on any atom is 0.272 e. The molecule has 2 aromatic rings. The molecule has 166 valence electrons. The summed E-state index contributed by atoms with van der Waals surface area (Å²) in [5.41, 5.74) is 1.28. The standard InChI is InChI=1S/C25H33N3O3/c1-2-3-4-9-24(29)21-10-12-22(13-11-21)31-20-7-15-27-16-18-28(19-17-27)25(30)23-8-5-6-14-26-23/h5-6,8,10-14H,2-4,7,9,15-20H2,1H3. The highest BCUT2D eigenvalue weighted by Crippen LogP contribution is 2.15. The van der Waals surface area contributed by atoms with Crippen LogP contribution in [0.15, 0.2) is 48.7 Å². The van der Waals surface area contributed by atoms with Crippen molar-refractivity contribution in [2.45, 2.75) is 39.0 Å². The van der Waals surface area contributed by atoms with Gasteiger partial charge in [0.15, 0.2) is 5.78 Å². The number of aromatic nitrogens is 1. The summed E-state index contributed by atoms with van der Waals surface area (Å²) in [7, 11) is 0. The number of carbonyl (C=O) groups excluding carboxylic acids is 2. The summed E-state index contributed by atoms with van der Waals surface area (Å²) in [4.78, 5) is 33.0. The van der Waals surface area contributed by atoms with Crippen molar-refractivity contribution in [2.24, 2.45) is 0 Å². The molecule has 0 atom stereocenters. The number of nitrogens with zero attached hydrogens (tertiary/aromatic N) is 3. The first-order chi connectivity index (χ1) is 15.2. The Kier molecular flexibility index (Phi) is 9.03. The highest BCUT2D eigenvalue weighted by molar-refractivity contribution is 5.96. The number of rotatable bonds is 11. The molecule has 0 spiro atoms. The molecular weight excluding hydrogens is 390 g/mol. The maximum absolute atomic E-state index is 12.5. The molecule has 1 aliphatic rings. The number of Topliss-reactive ketones (excluding diaryl/α,β-unsaturated/α-hetero) is 1. The Balaban J connectivity index is 1.32. The van der Waals surface area contributed by atoms with E-state index < -0.39 is 0 Å². The van der Waals surface area contributed by atoms with Crippen LogP contribution in [0.3, 0.4) is 0 Å². The van der Waals surface area contributed by atoms with Gasteiger partial charge >= 0.3 is 0 Å². The van der Waals surface area contributed by atoms with Crippen molar-refractivity contribution in [3.8, 4) is 5.75 Å². The van der Waals surface area contributed by atoms with Gasteiger partial charge in [0.1, 0.15) is 11.4 Å². The summed E-state index contributed by atoms with van der Waals surface area (Å²) >= 11 is 0. The van der Waals surface area contributed by atoms with Crippen molar-refractivity contribution in [3.63, 3.8) is 0 Å². The summed E-state index contributed by atoms with van der Waals surface area (Å²) in [6, 6.07) is 12.9. The second kappa shape index (κ2) is 12.2. The van der Waals surface area contributed by atoms with Crippen LogP contribution in [0.4, 0.5) is 0 Å². The molecule has 3 rings (SSSR count). The van der Waals surface area contributed by atoms with Crippen LogP contribution >= 0.6 is 0 Å². The highest BCUT2D eigenvalue weighted by Gasteiger charge is 2.22. The molecule has 1 fully saturated rings. The molecular formula is C25H33N3O3. The van der Waals surface area contributed by atoms with E-state index in [1.54, 1.807) is 12.3 Å². The molecule has 0 N–H and O–H groups in total. The minimum absolute atomic E-state index is 0.0101. The van der Waals surface area contributed by atoms with E-state index in [0.29, 0.717) is 18.7 Å². The van der Waals surface area contributed by atoms with Crippen molar-refractivity contribution < 1.29 is 14.3 Å². The number of unbranched alkanes of at least 4 members (excludes halogenated alkanes) is 2. The zero-order chi connectivity index (χ0) is 21.9. The number of ether oxygens (including phenoxy) is 1. The molecule has 0 unspecified atom stereocenters. The third kappa shape index (κ3) is 7.17. The van der Waals surface area contributed by atoms with Crippen LogP contribution in [0.5, 0.6) is 5.75 Å². The van der Waals surface area contributed by atoms with Gasteiger partial charge in [0.05, 0.1) is 6.61 Å². The predicted molar refractivity (Wildman–Crippen MR) is 122 cm³/mol. The van der Waals surface area contributed by atoms with E-state index in [2.05, 4.69) is 16.8 Å². The number of hydrogen-bond acceptors (Lipinski definition) is 5. The number of benzene rings is 1. The van der Waals surface area contributed by atoms with Crippen LogP contribution in [0.25, 0.3) is 0 Å². The van der Waals surface area contributed by atoms with Crippen LogP contribution in [0.1, 0.15) is 59.9 Å². The van der Waals surface area contributed by atoms with E-state index in [1.807, 2.05) is 41.3 Å². The Labute approximate surface area is 185 Å². The fraction of sp³-hybridized carbons (Fsp3) is 0.480. The molecule has 1 aromatic carbocycles. The number of carbonyl (C=O) groups is 2. The van der Waals surface area contributed by atoms with Gasteiger partial charge in [-0.05, 0) is 49.2 Å². The van der Waals surface area contributed by atoms with Crippen LogP contribution in [0.2, 0.25) is 0 Å². The van der Waals surface area contributed by atoms with Gasteiger partial charge in [0, 0.05) is 50.9 Å². The minimum Gasteiger partial charge on any atom is -0.494 e. The van der Waals surface area contributed by atoms with E-state index in [1.165, 1.54) is 0 Å². The summed E-state index contributed by atoms with van der Waals surface area (Å²) in [5.74, 6) is 1.02. The van der Waals surface area contributed by atoms with Gasteiger partial charge in [-0.3, -0.25) is 19.5 Å². The molecule has 6 heteroatoms. The largest absolute Gasteiger partial charge is 0.494 e. The maximum atomic E-state index is 12.5. The lowest BCUT2D eigenvalue weighted by Gasteiger charge is -2.34. The molecule has 0 aliphatic carbocycles. The highest BCUT2D eigenvalue weighted by atomic mass is 16.5. The molecule has 0 saturated carbocycles. The molecule has 6 nitrogen and oxygen atoms in total. The van der Waals surface area contributed by atoms with Crippen LogP contribution in [-0.2, 0) is 0 Å². The zero-order valence-corrected chi connectivity index (χ0v) is 18.5. The Hall–Kier alpha value is -2.73. The molecule has 1 amide bonds. The van der Waals surface area contributed by atoms with Gasteiger partial charge in [-0.25, -0.2) is 0 Å². The summed E-state index contributed by atoms with van der Waals surface area (Å²) in [6.45, 7) is 6.91. The van der Waals surface area contributed by atoms with Gasteiger partial charge in [-0.1, -0.05) is 25.8 Å². The summed E-state index contributed by atoms with van der Waals surface area (Å²) in [6.07, 6.45) is 6.38. The third-order valence-electron chi connectivity index (χ3n) is 5.61. The molecule has 1 aromatic heterocycles. The number of hydrogen-bond donors (Lipinski definition) is 0. The lowest BCUT2D eigenvalue weighted by Crippen LogP contribution is -2.49. The Morgan fingerprint density at radius 1 is 0.968 bits per heavy atom. The van der Waals surface area contributed by atoms with Crippen molar-refractivity contribution in [1.82, 2.24) is 14.8 Å². The van der Waals surface area contributed by atoms with Crippen LogP contribution < -0.4 is 4.74 Å². The van der Waals surface area contributed by atoms with Crippen LogP contribution in [0, 0.1) is 0 Å². The normalized spacial score (nSPS) is 14.4. The van der Waals surface area contributed by atoms with Crippen molar-refractivity contribution in [3.05, 3.63) is 59.9 Å². The molecule has 1 aliphatic heterocycles. The third-order valence-corrected chi connectivity index (χ3v) is 5.61. The molecule has 1 saturated heterocycles. The Morgan fingerprint density at radius 2 is 1.74 bits per heavy atom. The van der Waals surface area contributed by atoms with Gasteiger partial charge in [0.2, 0.25) is 0 Å². The monoisotopic (exact) mass is 423 g/mol. The number of piperazine rings is 1. The summed E-state index contributed by atoms with van der Waals surface area (Å²) in [5, 5.41) is 0. The van der Waals surface area contributed by atoms with Gasteiger partial charge < -0.3 is 9.64 Å². The Morgan fingerprint density at radius 3 is 2.42 bits per heavy atom. The second-order valence-corrected chi connectivity index (χ2v) is 7.96. The Bertz CT molecular complexity index is 816. The van der Waals surface area contributed by atoms with Gasteiger partial charge in [-0.2, -0.15) is 0 Å². The van der Waals surface area contributed by atoms with Crippen molar-refractivity contribution in [1.29, 1.82) is 0 Å².